The molecule has 1 aliphatic heterocycles. The highest BCUT2D eigenvalue weighted by molar-refractivity contribution is 5.76. The number of halogens is 1. The maximum absolute atomic E-state index is 13.7. The Hall–Kier alpha value is -2.21. The van der Waals surface area contributed by atoms with Gasteiger partial charge in [-0.15, -0.1) is 0 Å². The first-order valence-electron chi connectivity index (χ1n) is 9.79. The van der Waals surface area contributed by atoms with E-state index in [9.17, 15) is 9.18 Å². The molecule has 1 aromatic heterocycles. The van der Waals surface area contributed by atoms with Crippen LogP contribution in [0, 0.1) is 11.7 Å². The second-order valence-corrected chi connectivity index (χ2v) is 7.51. The van der Waals surface area contributed by atoms with Gasteiger partial charge < -0.3 is 9.80 Å². The van der Waals surface area contributed by atoms with Crippen LogP contribution in [0.1, 0.15) is 30.4 Å². The van der Waals surface area contributed by atoms with Crippen LogP contribution in [0.3, 0.4) is 0 Å². The maximum atomic E-state index is 13.7. The van der Waals surface area contributed by atoms with E-state index in [1.807, 2.05) is 30.3 Å². The molecule has 2 aromatic rings. The van der Waals surface area contributed by atoms with Crippen LogP contribution in [-0.4, -0.2) is 59.1 Å². The summed E-state index contributed by atoms with van der Waals surface area (Å²) >= 11 is 0. The highest BCUT2D eigenvalue weighted by Crippen LogP contribution is 2.19. The molecule has 1 N–H and O–H groups in total. The third-order valence-corrected chi connectivity index (χ3v) is 5.50. The molecule has 1 amide bonds. The summed E-state index contributed by atoms with van der Waals surface area (Å²) in [5, 5.41) is 6.69. The normalized spacial score (nSPS) is 15.8. The maximum Gasteiger partial charge on any atom is 0.222 e. The standard InChI is InChI=1S/C21H29FN4O/c1-25(21(27)7-6-18-14-23-24-15-18)16-17-8-11-26(12-9-17)13-10-19-4-2-3-5-20(19)22/h2-5,14-15,17H,6-13,16H2,1H3,(H,23,24). The van der Waals surface area contributed by atoms with E-state index in [2.05, 4.69) is 15.1 Å². The Morgan fingerprint density at radius 3 is 2.78 bits per heavy atom. The van der Waals surface area contributed by atoms with Crippen molar-refractivity contribution >= 4 is 5.91 Å². The van der Waals surface area contributed by atoms with Gasteiger partial charge in [0, 0.05) is 32.8 Å². The van der Waals surface area contributed by atoms with E-state index in [1.54, 1.807) is 12.3 Å². The average Bonchev–Trinajstić information content (AvgIpc) is 3.20. The Bertz CT molecular complexity index is 711. The molecule has 0 radical (unpaired) electrons. The highest BCUT2D eigenvalue weighted by Gasteiger charge is 2.22. The second kappa shape index (κ2) is 9.65. The number of nitrogens with zero attached hydrogens (tertiary/aromatic N) is 3. The number of nitrogens with one attached hydrogen (secondary N) is 1. The van der Waals surface area contributed by atoms with E-state index < -0.39 is 0 Å². The van der Waals surface area contributed by atoms with Gasteiger partial charge in [-0.3, -0.25) is 9.89 Å². The molecule has 1 fully saturated rings. The lowest BCUT2D eigenvalue weighted by Gasteiger charge is -2.34. The fourth-order valence-corrected chi connectivity index (χ4v) is 3.72. The molecule has 0 unspecified atom stereocenters. The zero-order chi connectivity index (χ0) is 19.1. The Labute approximate surface area is 160 Å². The lowest BCUT2D eigenvalue weighted by molar-refractivity contribution is -0.130. The smallest absolute Gasteiger partial charge is 0.222 e. The molecule has 0 saturated carbocycles. The number of amides is 1. The van der Waals surface area contributed by atoms with E-state index in [4.69, 9.17) is 0 Å². The number of benzene rings is 1. The number of hydrogen-bond acceptors (Lipinski definition) is 3. The fourth-order valence-electron chi connectivity index (χ4n) is 3.72. The van der Waals surface area contributed by atoms with Gasteiger partial charge in [-0.05, 0) is 61.9 Å². The Balaban J connectivity index is 1.35. The summed E-state index contributed by atoms with van der Waals surface area (Å²) in [6.07, 6.45) is 7.80. The first-order valence-corrected chi connectivity index (χ1v) is 9.79. The van der Waals surface area contributed by atoms with Crippen molar-refractivity contribution in [2.75, 3.05) is 33.2 Å². The van der Waals surface area contributed by atoms with Gasteiger partial charge in [0.05, 0.1) is 6.20 Å². The van der Waals surface area contributed by atoms with Gasteiger partial charge in [-0.25, -0.2) is 4.39 Å². The van der Waals surface area contributed by atoms with E-state index in [1.165, 1.54) is 6.07 Å². The minimum Gasteiger partial charge on any atom is -0.345 e. The van der Waals surface area contributed by atoms with Crippen molar-refractivity contribution in [2.24, 2.45) is 5.92 Å². The molecule has 6 heteroatoms. The zero-order valence-corrected chi connectivity index (χ0v) is 16.0. The summed E-state index contributed by atoms with van der Waals surface area (Å²) in [4.78, 5) is 16.6. The van der Waals surface area contributed by atoms with Gasteiger partial charge in [0.1, 0.15) is 5.82 Å². The zero-order valence-electron chi connectivity index (χ0n) is 16.0. The van der Waals surface area contributed by atoms with Crippen molar-refractivity contribution in [2.45, 2.75) is 32.1 Å². The quantitative estimate of drug-likeness (QED) is 0.775. The van der Waals surface area contributed by atoms with Gasteiger partial charge in [-0.1, -0.05) is 18.2 Å². The summed E-state index contributed by atoms with van der Waals surface area (Å²) in [7, 11) is 1.91. The lowest BCUT2D eigenvalue weighted by atomic mass is 9.95. The number of aromatic nitrogens is 2. The highest BCUT2D eigenvalue weighted by atomic mass is 19.1. The summed E-state index contributed by atoms with van der Waals surface area (Å²) < 4.78 is 13.7. The number of rotatable bonds is 8. The lowest BCUT2D eigenvalue weighted by Crippen LogP contribution is -2.40. The number of likely N-dealkylation sites (tertiary alicyclic amines) is 1. The van der Waals surface area contributed by atoms with Gasteiger partial charge in [0.15, 0.2) is 0 Å². The van der Waals surface area contributed by atoms with Crippen molar-refractivity contribution < 1.29 is 9.18 Å². The predicted octanol–water partition coefficient (Wildman–Crippen LogP) is 2.89. The third-order valence-electron chi connectivity index (χ3n) is 5.50. The van der Waals surface area contributed by atoms with E-state index in [-0.39, 0.29) is 11.7 Å². The molecule has 27 heavy (non-hydrogen) atoms. The topological polar surface area (TPSA) is 52.2 Å². The molecule has 5 nitrogen and oxygen atoms in total. The van der Waals surface area contributed by atoms with Crippen molar-refractivity contribution in [3.63, 3.8) is 0 Å². The Kier molecular flexibility index (Phi) is 6.98. The van der Waals surface area contributed by atoms with Crippen molar-refractivity contribution in [3.05, 3.63) is 53.6 Å². The first-order chi connectivity index (χ1) is 13.1. The van der Waals surface area contributed by atoms with Crippen molar-refractivity contribution in [3.8, 4) is 0 Å². The average molecular weight is 372 g/mol. The summed E-state index contributed by atoms with van der Waals surface area (Å²) in [5.74, 6) is 0.638. The molecule has 0 spiro atoms. The van der Waals surface area contributed by atoms with E-state index in [0.29, 0.717) is 12.3 Å². The van der Waals surface area contributed by atoms with E-state index in [0.717, 1.165) is 63.0 Å². The van der Waals surface area contributed by atoms with Crippen LogP contribution in [0.25, 0.3) is 0 Å². The largest absolute Gasteiger partial charge is 0.345 e. The van der Waals surface area contributed by atoms with Gasteiger partial charge in [0.2, 0.25) is 5.91 Å². The number of carbonyl (C=O) groups is 1. The van der Waals surface area contributed by atoms with Crippen LogP contribution < -0.4 is 0 Å². The second-order valence-electron chi connectivity index (χ2n) is 7.51. The molecule has 146 valence electrons. The van der Waals surface area contributed by atoms with Gasteiger partial charge in [0.25, 0.3) is 0 Å². The molecular formula is C21H29FN4O. The number of carbonyl (C=O) groups excluding carboxylic acids is 1. The monoisotopic (exact) mass is 372 g/mol. The number of H-pyrrole nitrogens is 1. The molecular weight excluding hydrogens is 343 g/mol. The van der Waals surface area contributed by atoms with Crippen LogP contribution in [0.4, 0.5) is 4.39 Å². The van der Waals surface area contributed by atoms with Gasteiger partial charge in [-0.2, -0.15) is 5.10 Å². The van der Waals surface area contributed by atoms with Crippen molar-refractivity contribution in [1.82, 2.24) is 20.0 Å². The van der Waals surface area contributed by atoms with Crippen molar-refractivity contribution in [1.29, 1.82) is 0 Å². The number of piperidine rings is 1. The van der Waals surface area contributed by atoms with Crippen LogP contribution in [0.15, 0.2) is 36.7 Å². The summed E-state index contributed by atoms with van der Waals surface area (Å²) in [6.45, 7) is 3.77. The molecule has 3 rings (SSSR count). The first kappa shape index (κ1) is 19.5. The minimum atomic E-state index is -0.108. The molecule has 1 aliphatic rings. The Morgan fingerprint density at radius 2 is 2.07 bits per heavy atom. The number of aromatic amines is 1. The van der Waals surface area contributed by atoms with Crippen LogP contribution in [0.5, 0.6) is 0 Å². The van der Waals surface area contributed by atoms with Crippen LogP contribution >= 0.6 is 0 Å². The SMILES string of the molecule is CN(CC1CCN(CCc2ccccc2F)CC1)C(=O)CCc1cn[nH]c1. The summed E-state index contributed by atoms with van der Waals surface area (Å²) in [5.41, 5.74) is 1.86. The molecule has 0 bridgehead atoms. The fraction of sp³-hybridized carbons (Fsp3) is 0.524. The van der Waals surface area contributed by atoms with Crippen LogP contribution in [0.2, 0.25) is 0 Å². The minimum absolute atomic E-state index is 0.108. The number of aryl methyl sites for hydroxylation is 1. The summed E-state index contributed by atoms with van der Waals surface area (Å²) in [6, 6.07) is 7.02. The third kappa shape index (κ3) is 5.89. The van der Waals surface area contributed by atoms with E-state index >= 15 is 0 Å². The predicted molar refractivity (Wildman–Crippen MR) is 104 cm³/mol. The molecule has 0 atom stereocenters. The molecule has 0 aliphatic carbocycles. The molecule has 1 aromatic carbocycles. The number of hydrogen-bond donors (Lipinski definition) is 1. The van der Waals surface area contributed by atoms with Crippen LogP contribution in [-0.2, 0) is 17.6 Å². The molecule has 1 saturated heterocycles. The Morgan fingerprint density at radius 1 is 1.30 bits per heavy atom. The molecule has 2 heterocycles. The van der Waals surface area contributed by atoms with Gasteiger partial charge >= 0.3 is 0 Å².